The van der Waals surface area contributed by atoms with Gasteiger partial charge in [0.2, 0.25) is 0 Å². The smallest absolute Gasteiger partial charge is 0.338 e. The number of carbonyl (C=O) groups is 1. The second-order valence-electron chi connectivity index (χ2n) is 5.61. The van der Waals surface area contributed by atoms with E-state index in [2.05, 4.69) is 9.97 Å². The van der Waals surface area contributed by atoms with Crippen molar-refractivity contribution in [1.29, 1.82) is 0 Å². The molecule has 0 spiro atoms. The first-order valence-corrected chi connectivity index (χ1v) is 8.20. The molecule has 3 rings (SSSR count). The molecule has 3 aromatic heterocycles. The van der Waals surface area contributed by atoms with Gasteiger partial charge in [-0.2, -0.15) is 0 Å². The molecule has 1 atom stereocenters. The standard InChI is InChI=1S/C17H17N3O4S/c1-4-9(2)20-14-13(15(21)19-17(20)25)10(16(22)23-3)8-11(18-14)12-6-5-7-24-12/h5-9H,4H2,1-3H3,(H,19,21,25)/t9-/m0/s1. The lowest BCUT2D eigenvalue weighted by Gasteiger charge is -2.17. The van der Waals surface area contributed by atoms with Gasteiger partial charge in [-0.15, -0.1) is 0 Å². The summed E-state index contributed by atoms with van der Waals surface area (Å²) in [5.41, 5.74) is 0.401. The number of fused-ring (bicyclic) bond motifs is 1. The van der Waals surface area contributed by atoms with Crippen LogP contribution in [0.1, 0.15) is 36.7 Å². The minimum Gasteiger partial charge on any atom is -0.465 e. The lowest BCUT2D eigenvalue weighted by atomic mass is 10.1. The molecule has 0 saturated heterocycles. The number of hydrogen-bond donors (Lipinski definition) is 1. The molecule has 0 aliphatic carbocycles. The van der Waals surface area contributed by atoms with E-state index in [-0.39, 0.29) is 21.8 Å². The summed E-state index contributed by atoms with van der Waals surface area (Å²) in [5.74, 6) is -0.146. The Morgan fingerprint density at radius 1 is 1.52 bits per heavy atom. The van der Waals surface area contributed by atoms with Crippen molar-refractivity contribution >= 4 is 29.2 Å². The zero-order valence-corrected chi connectivity index (χ0v) is 14.8. The summed E-state index contributed by atoms with van der Waals surface area (Å²) >= 11 is 5.32. The van der Waals surface area contributed by atoms with Gasteiger partial charge in [0.25, 0.3) is 5.56 Å². The van der Waals surface area contributed by atoms with Crippen LogP contribution in [0.5, 0.6) is 0 Å². The molecule has 0 radical (unpaired) electrons. The number of aromatic amines is 1. The predicted molar refractivity (Wildman–Crippen MR) is 95.2 cm³/mol. The molecule has 0 fully saturated rings. The van der Waals surface area contributed by atoms with Gasteiger partial charge in [-0.3, -0.25) is 14.3 Å². The van der Waals surface area contributed by atoms with Crippen LogP contribution in [-0.2, 0) is 4.74 Å². The molecule has 0 aliphatic rings. The molecule has 0 unspecified atom stereocenters. The van der Waals surface area contributed by atoms with Crippen molar-refractivity contribution in [3.8, 4) is 11.5 Å². The highest BCUT2D eigenvalue weighted by molar-refractivity contribution is 7.71. The van der Waals surface area contributed by atoms with Gasteiger partial charge in [-0.25, -0.2) is 9.78 Å². The Balaban J connectivity index is 2.50. The van der Waals surface area contributed by atoms with E-state index < -0.39 is 11.5 Å². The zero-order chi connectivity index (χ0) is 18.1. The highest BCUT2D eigenvalue weighted by Gasteiger charge is 2.21. The molecule has 0 amide bonds. The molecule has 0 saturated carbocycles. The maximum Gasteiger partial charge on any atom is 0.338 e. The maximum atomic E-state index is 12.5. The number of H-pyrrole nitrogens is 1. The number of ether oxygens (including phenoxy) is 1. The van der Waals surface area contributed by atoms with Gasteiger partial charge in [-0.1, -0.05) is 6.92 Å². The third-order valence-corrected chi connectivity index (χ3v) is 4.40. The summed E-state index contributed by atoms with van der Waals surface area (Å²) in [6.07, 6.45) is 2.29. The third kappa shape index (κ3) is 2.89. The monoisotopic (exact) mass is 359 g/mol. The molecule has 25 heavy (non-hydrogen) atoms. The Kier molecular flexibility index (Phi) is 4.54. The first kappa shape index (κ1) is 17.1. The summed E-state index contributed by atoms with van der Waals surface area (Å²) in [4.78, 5) is 31.9. The normalized spacial score (nSPS) is 12.3. The second-order valence-corrected chi connectivity index (χ2v) is 6.00. The minimum absolute atomic E-state index is 0.0169. The van der Waals surface area contributed by atoms with Crippen molar-refractivity contribution in [3.63, 3.8) is 0 Å². The van der Waals surface area contributed by atoms with Crippen LogP contribution in [0.3, 0.4) is 0 Å². The van der Waals surface area contributed by atoms with Crippen molar-refractivity contribution in [2.45, 2.75) is 26.3 Å². The third-order valence-electron chi connectivity index (χ3n) is 4.11. The van der Waals surface area contributed by atoms with Gasteiger partial charge < -0.3 is 9.15 Å². The summed E-state index contributed by atoms with van der Waals surface area (Å²) in [6.45, 7) is 3.97. The molecule has 8 heteroatoms. The largest absolute Gasteiger partial charge is 0.465 e. The van der Waals surface area contributed by atoms with E-state index in [1.165, 1.54) is 19.4 Å². The van der Waals surface area contributed by atoms with Gasteiger partial charge in [0.05, 0.1) is 24.3 Å². The Bertz CT molecular complexity index is 1050. The number of nitrogens with one attached hydrogen (secondary N) is 1. The van der Waals surface area contributed by atoms with Crippen molar-refractivity contribution in [2.75, 3.05) is 7.11 Å². The van der Waals surface area contributed by atoms with Gasteiger partial charge in [0, 0.05) is 6.04 Å². The van der Waals surface area contributed by atoms with Crippen molar-refractivity contribution < 1.29 is 13.9 Å². The first-order chi connectivity index (χ1) is 12.0. The van der Waals surface area contributed by atoms with Gasteiger partial charge in [0.15, 0.2) is 10.5 Å². The van der Waals surface area contributed by atoms with E-state index in [1.54, 1.807) is 16.7 Å². The number of nitrogens with zero attached hydrogens (tertiary/aromatic N) is 2. The molecule has 3 heterocycles. The number of esters is 1. The van der Waals surface area contributed by atoms with Gasteiger partial charge in [-0.05, 0) is 43.8 Å². The Labute approximate surface area is 148 Å². The average Bonchev–Trinajstić information content (AvgIpc) is 3.14. The number of hydrogen-bond acceptors (Lipinski definition) is 6. The Morgan fingerprint density at radius 3 is 2.88 bits per heavy atom. The predicted octanol–water partition coefficient (Wildman–Crippen LogP) is 3.47. The minimum atomic E-state index is -0.626. The van der Waals surface area contributed by atoms with E-state index >= 15 is 0 Å². The molecule has 3 aromatic rings. The van der Waals surface area contributed by atoms with E-state index in [0.29, 0.717) is 17.1 Å². The van der Waals surface area contributed by atoms with E-state index in [4.69, 9.17) is 21.4 Å². The summed E-state index contributed by atoms with van der Waals surface area (Å²) in [7, 11) is 1.26. The van der Waals surface area contributed by atoms with Crippen molar-refractivity contribution in [2.24, 2.45) is 0 Å². The molecule has 0 aromatic carbocycles. The first-order valence-electron chi connectivity index (χ1n) is 7.79. The fraction of sp³-hybridized carbons (Fsp3) is 0.294. The van der Waals surface area contributed by atoms with Crippen LogP contribution in [0.25, 0.3) is 22.5 Å². The van der Waals surface area contributed by atoms with E-state index in [1.807, 2.05) is 13.8 Å². The Hall–Kier alpha value is -2.74. The zero-order valence-electron chi connectivity index (χ0n) is 14.0. The maximum absolute atomic E-state index is 12.5. The second kappa shape index (κ2) is 6.64. The quantitative estimate of drug-likeness (QED) is 0.567. The molecule has 1 N–H and O–H groups in total. The van der Waals surface area contributed by atoms with E-state index in [9.17, 15) is 9.59 Å². The van der Waals surface area contributed by atoms with Crippen LogP contribution in [0.4, 0.5) is 0 Å². The number of pyridine rings is 1. The highest BCUT2D eigenvalue weighted by atomic mass is 32.1. The number of carbonyl (C=O) groups excluding carboxylic acids is 1. The van der Waals surface area contributed by atoms with E-state index in [0.717, 1.165) is 6.42 Å². The van der Waals surface area contributed by atoms with Crippen LogP contribution < -0.4 is 5.56 Å². The fourth-order valence-electron chi connectivity index (χ4n) is 2.66. The SMILES string of the molecule is CC[C@H](C)n1c(=S)[nH]c(=O)c2c(C(=O)OC)cc(-c3ccco3)nc21. The van der Waals surface area contributed by atoms with Crippen LogP contribution >= 0.6 is 12.2 Å². The summed E-state index contributed by atoms with van der Waals surface area (Å²) in [6, 6.07) is 4.92. The summed E-state index contributed by atoms with van der Waals surface area (Å²) < 4.78 is 12.2. The molecular formula is C17H17N3O4S. The molecular weight excluding hydrogens is 342 g/mol. The summed E-state index contributed by atoms with van der Waals surface area (Å²) in [5, 5.41) is 0.149. The number of rotatable bonds is 4. The Morgan fingerprint density at radius 2 is 2.28 bits per heavy atom. The number of aromatic nitrogens is 3. The topological polar surface area (TPSA) is 90.1 Å². The van der Waals surface area contributed by atoms with Gasteiger partial charge in [0.1, 0.15) is 11.3 Å². The van der Waals surface area contributed by atoms with Crippen molar-refractivity contribution in [1.82, 2.24) is 14.5 Å². The fourth-order valence-corrected chi connectivity index (χ4v) is 3.02. The van der Waals surface area contributed by atoms with Crippen LogP contribution in [0, 0.1) is 4.77 Å². The van der Waals surface area contributed by atoms with Crippen molar-refractivity contribution in [3.05, 3.63) is 45.2 Å². The average molecular weight is 359 g/mol. The lowest BCUT2D eigenvalue weighted by Crippen LogP contribution is -2.21. The molecule has 130 valence electrons. The van der Waals surface area contributed by atoms with Gasteiger partial charge >= 0.3 is 5.97 Å². The van der Waals surface area contributed by atoms with Crippen LogP contribution in [0.15, 0.2) is 33.7 Å². The molecule has 0 bridgehead atoms. The molecule has 0 aliphatic heterocycles. The molecule has 7 nitrogen and oxygen atoms in total. The number of furan rings is 1. The number of methoxy groups -OCH3 is 1. The lowest BCUT2D eigenvalue weighted by molar-refractivity contribution is 0.0603. The van der Waals surface area contributed by atoms with Crippen LogP contribution in [-0.4, -0.2) is 27.6 Å². The highest BCUT2D eigenvalue weighted by Crippen LogP contribution is 2.26. The van der Waals surface area contributed by atoms with Crippen LogP contribution in [0.2, 0.25) is 0 Å².